The van der Waals surface area contributed by atoms with E-state index in [2.05, 4.69) is 34.6 Å². The molecule has 2 aliphatic rings. The quantitative estimate of drug-likeness (QED) is 0.858. The van der Waals surface area contributed by atoms with Gasteiger partial charge in [-0.2, -0.15) is 5.26 Å². The van der Waals surface area contributed by atoms with Gasteiger partial charge in [0.15, 0.2) is 0 Å². The van der Waals surface area contributed by atoms with Crippen molar-refractivity contribution in [2.75, 3.05) is 18.4 Å². The smallest absolute Gasteiger partial charge is 0.314 e. The first kappa shape index (κ1) is 18.1. The maximum Gasteiger partial charge on any atom is 0.314 e. The molecule has 2 amide bonds. The molecule has 6 heteroatoms. The van der Waals surface area contributed by atoms with E-state index >= 15 is 0 Å². The number of amides is 2. The second-order valence-corrected chi connectivity index (χ2v) is 7.39. The molecule has 1 aromatic heterocycles. The molecule has 0 radical (unpaired) electrons. The summed E-state index contributed by atoms with van der Waals surface area (Å²) in [5.74, 6) is 0.189. The number of benzene rings is 1. The van der Waals surface area contributed by atoms with Crippen LogP contribution in [0.4, 0.5) is 10.5 Å². The molecule has 142 valence electrons. The van der Waals surface area contributed by atoms with Crippen molar-refractivity contribution in [2.45, 2.75) is 31.2 Å². The lowest BCUT2D eigenvalue weighted by atomic mass is 9.88. The third-order valence-corrected chi connectivity index (χ3v) is 5.57. The van der Waals surface area contributed by atoms with E-state index in [1.165, 1.54) is 5.56 Å². The monoisotopic (exact) mass is 373 g/mol. The van der Waals surface area contributed by atoms with Crippen LogP contribution >= 0.6 is 0 Å². The van der Waals surface area contributed by atoms with Gasteiger partial charge in [-0.05, 0) is 48.4 Å². The molecule has 2 aromatic rings. The highest BCUT2D eigenvalue weighted by atomic mass is 16.2. The summed E-state index contributed by atoms with van der Waals surface area (Å²) < 4.78 is 0. The molecule has 1 fully saturated rings. The van der Waals surface area contributed by atoms with Crippen molar-refractivity contribution in [3.63, 3.8) is 0 Å². The van der Waals surface area contributed by atoms with Crippen molar-refractivity contribution in [1.82, 2.24) is 9.88 Å². The molecule has 1 aliphatic heterocycles. The van der Waals surface area contributed by atoms with E-state index in [1.54, 1.807) is 11.1 Å². The number of primary amides is 1. The van der Waals surface area contributed by atoms with Crippen LogP contribution in [0.5, 0.6) is 0 Å². The summed E-state index contributed by atoms with van der Waals surface area (Å²) in [6, 6.07) is 8.57. The molecule has 1 aliphatic carbocycles. The Kier molecular flexibility index (Phi) is 4.98. The predicted molar refractivity (Wildman–Crippen MR) is 110 cm³/mol. The zero-order chi connectivity index (χ0) is 19.5. The predicted octanol–water partition coefficient (Wildman–Crippen LogP) is 3.68. The Morgan fingerprint density at radius 3 is 2.89 bits per heavy atom. The summed E-state index contributed by atoms with van der Waals surface area (Å²) >= 11 is 0. The van der Waals surface area contributed by atoms with Gasteiger partial charge in [0, 0.05) is 54.1 Å². The Morgan fingerprint density at radius 1 is 1.32 bits per heavy atom. The number of nitrogens with zero attached hydrogens (tertiary/aromatic N) is 3. The summed E-state index contributed by atoms with van der Waals surface area (Å²) in [7, 11) is 0. The Morgan fingerprint density at radius 2 is 2.14 bits per heavy atom. The lowest BCUT2D eigenvalue weighted by Gasteiger charge is -2.32. The van der Waals surface area contributed by atoms with Gasteiger partial charge < -0.3 is 16.0 Å². The molecule has 0 bridgehead atoms. The highest BCUT2D eigenvalue weighted by Gasteiger charge is 2.22. The zero-order valence-corrected chi connectivity index (χ0v) is 15.6. The van der Waals surface area contributed by atoms with E-state index in [0.29, 0.717) is 18.7 Å². The fraction of sp³-hybridized carbons (Fsp3) is 0.318. The molecule has 4 rings (SSSR count). The number of allylic oxidation sites excluding steroid dienone is 4. The molecule has 1 saturated heterocycles. The fourth-order valence-corrected chi connectivity index (χ4v) is 4.01. The number of carbonyl (C=O) groups is 1. The molecular formula is C22H23N5O. The largest absolute Gasteiger partial charge is 0.382 e. The van der Waals surface area contributed by atoms with Crippen LogP contribution in [0.2, 0.25) is 0 Å². The molecule has 3 N–H and O–H groups in total. The first-order valence-electron chi connectivity index (χ1n) is 9.61. The number of likely N-dealkylation sites (tertiary alicyclic amines) is 1. The molecule has 1 atom stereocenters. The number of nitrogens with two attached hydrogens (primary N) is 1. The lowest BCUT2D eigenvalue weighted by Crippen LogP contribution is -2.44. The van der Waals surface area contributed by atoms with E-state index in [0.717, 1.165) is 35.7 Å². The normalized spacial score (nSPS) is 19.9. The standard InChI is InChI=1S/C22H23N5O/c23-13-15-2-1-3-16(10-15)18-11-17-4-7-25-14-20(17)21(12-18)26-19-5-8-27(9-6-19)22(24)28/h1-2,4,7,10-12,14,16,19,26H,3,5-6,8-9H2,(H2,24,28). The van der Waals surface area contributed by atoms with Crippen LogP contribution in [0.15, 0.2) is 54.4 Å². The van der Waals surface area contributed by atoms with E-state index in [-0.39, 0.29) is 18.0 Å². The third kappa shape index (κ3) is 3.70. The van der Waals surface area contributed by atoms with Gasteiger partial charge >= 0.3 is 6.03 Å². The van der Waals surface area contributed by atoms with Crippen LogP contribution in [-0.4, -0.2) is 35.0 Å². The molecule has 0 spiro atoms. The maximum atomic E-state index is 11.4. The van der Waals surface area contributed by atoms with Crippen molar-refractivity contribution in [2.24, 2.45) is 5.73 Å². The molecule has 6 nitrogen and oxygen atoms in total. The van der Waals surface area contributed by atoms with E-state index in [1.807, 2.05) is 24.4 Å². The van der Waals surface area contributed by atoms with Gasteiger partial charge in [-0.3, -0.25) is 4.98 Å². The number of hydrogen-bond acceptors (Lipinski definition) is 4. The molecular weight excluding hydrogens is 350 g/mol. The number of carbonyl (C=O) groups excluding carboxylic acids is 1. The Hall–Kier alpha value is -3.33. The van der Waals surface area contributed by atoms with Crippen LogP contribution in [0, 0.1) is 11.3 Å². The molecule has 2 heterocycles. The van der Waals surface area contributed by atoms with Gasteiger partial charge in [-0.25, -0.2) is 4.79 Å². The molecule has 28 heavy (non-hydrogen) atoms. The van der Waals surface area contributed by atoms with Gasteiger partial charge in [0.2, 0.25) is 0 Å². The fourth-order valence-electron chi connectivity index (χ4n) is 4.01. The van der Waals surface area contributed by atoms with Crippen LogP contribution in [0.1, 0.15) is 30.7 Å². The Bertz CT molecular complexity index is 996. The first-order chi connectivity index (χ1) is 13.6. The van der Waals surface area contributed by atoms with Gasteiger partial charge in [-0.1, -0.05) is 18.2 Å². The number of fused-ring (bicyclic) bond motifs is 1. The summed E-state index contributed by atoms with van der Waals surface area (Å²) in [4.78, 5) is 17.3. The average molecular weight is 373 g/mol. The number of aromatic nitrogens is 1. The number of hydrogen-bond donors (Lipinski definition) is 2. The second-order valence-electron chi connectivity index (χ2n) is 7.39. The van der Waals surface area contributed by atoms with Gasteiger partial charge in [0.05, 0.1) is 6.07 Å². The topological polar surface area (TPSA) is 95.0 Å². The highest BCUT2D eigenvalue weighted by Crippen LogP contribution is 2.34. The Balaban J connectivity index is 1.62. The van der Waals surface area contributed by atoms with E-state index in [9.17, 15) is 10.1 Å². The number of piperidine rings is 1. The molecule has 1 unspecified atom stereocenters. The van der Waals surface area contributed by atoms with Crippen molar-refractivity contribution >= 4 is 22.5 Å². The number of urea groups is 1. The number of pyridine rings is 1. The zero-order valence-electron chi connectivity index (χ0n) is 15.6. The lowest BCUT2D eigenvalue weighted by molar-refractivity contribution is 0.193. The Labute approximate surface area is 164 Å². The first-order valence-corrected chi connectivity index (χ1v) is 9.61. The van der Waals surface area contributed by atoms with Crippen LogP contribution in [0.25, 0.3) is 10.8 Å². The van der Waals surface area contributed by atoms with Crippen LogP contribution in [-0.2, 0) is 0 Å². The van der Waals surface area contributed by atoms with Crippen molar-refractivity contribution in [1.29, 1.82) is 5.26 Å². The van der Waals surface area contributed by atoms with E-state index in [4.69, 9.17) is 5.73 Å². The van der Waals surface area contributed by atoms with Gasteiger partial charge in [0.1, 0.15) is 0 Å². The van der Waals surface area contributed by atoms with Crippen molar-refractivity contribution in [3.05, 3.63) is 60.0 Å². The average Bonchev–Trinajstić information content (AvgIpc) is 2.74. The third-order valence-electron chi connectivity index (χ3n) is 5.57. The molecule has 1 aromatic carbocycles. The maximum absolute atomic E-state index is 11.4. The van der Waals surface area contributed by atoms with E-state index < -0.39 is 0 Å². The number of nitrogens with one attached hydrogen (secondary N) is 1. The summed E-state index contributed by atoms with van der Waals surface area (Å²) in [6.07, 6.45) is 12.3. The minimum Gasteiger partial charge on any atom is -0.382 e. The minimum absolute atomic E-state index is 0.189. The van der Waals surface area contributed by atoms with Gasteiger partial charge in [0.25, 0.3) is 0 Å². The van der Waals surface area contributed by atoms with Crippen molar-refractivity contribution in [3.8, 4) is 6.07 Å². The minimum atomic E-state index is -0.347. The summed E-state index contributed by atoms with van der Waals surface area (Å²) in [5.41, 5.74) is 8.34. The SMILES string of the molecule is N#CC1=CC(c2cc(NC3CCN(C(N)=O)CC3)c3cnccc3c2)CC=C1. The highest BCUT2D eigenvalue weighted by molar-refractivity contribution is 5.94. The molecule has 0 saturated carbocycles. The summed E-state index contributed by atoms with van der Waals surface area (Å²) in [6.45, 7) is 1.34. The number of rotatable bonds is 3. The number of anilines is 1. The van der Waals surface area contributed by atoms with Crippen LogP contribution < -0.4 is 11.1 Å². The second kappa shape index (κ2) is 7.73. The van der Waals surface area contributed by atoms with Crippen molar-refractivity contribution < 1.29 is 4.79 Å². The summed E-state index contributed by atoms with van der Waals surface area (Å²) in [5, 5.41) is 15.1. The van der Waals surface area contributed by atoms with Crippen LogP contribution in [0.3, 0.4) is 0 Å². The van der Waals surface area contributed by atoms with Gasteiger partial charge in [-0.15, -0.1) is 0 Å². The number of nitriles is 1.